The summed E-state index contributed by atoms with van der Waals surface area (Å²) in [6.45, 7) is 2.94. The molecule has 24 heavy (non-hydrogen) atoms. The van der Waals surface area contributed by atoms with E-state index in [4.69, 9.17) is 4.74 Å². The molecule has 0 N–H and O–H groups in total. The van der Waals surface area contributed by atoms with Crippen LogP contribution >= 0.6 is 27.7 Å². The Balaban J connectivity index is 1.81. The van der Waals surface area contributed by atoms with Gasteiger partial charge in [0.2, 0.25) is 0 Å². The van der Waals surface area contributed by atoms with Crippen LogP contribution in [0.2, 0.25) is 0 Å². The third-order valence-electron chi connectivity index (χ3n) is 3.64. The van der Waals surface area contributed by atoms with E-state index in [0.29, 0.717) is 0 Å². The van der Waals surface area contributed by atoms with Crippen LogP contribution in [0.5, 0.6) is 5.75 Å². The van der Waals surface area contributed by atoms with Crippen molar-refractivity contribution in [1.82, 2.24) is 14.8 Å². The van der Waals surface area contributed by atoms with Crippen molar-refractivity contribution in [3.05, 3.63) is 58.6 Å². The number of rotatable bonds is 6. The minimum atomic E-state index is 0.829. The summed E-state index contributed by atoms with van der Waals surface area (Å²) < 4.78 is 8.45. The third kappa shape index (κ3) is 3.82. The van der Waals surface area contributed by atoms with Gasteiger partial charge in [0.05, 0.1) is 7.11 Å². The first kappa shape index (κ1) is 17.0. The van der Waals surface area contributed by atoms with E-state index in [2.05, 4.69) is 49.8 Å². The maximum absolute atomic E-state index is 5.21. The maximum Gasteiger partial charge on any atom is 0.191 e. The molecule has 0 atom stereocenters. The molecule has 6 heteroatoms. The van der Waals surface area contributed by atoms with Gasteiger partial charge in [-0.05, 0) is 48.9 Å². The molecule has 0 spiro atoms. The Morgan fingerprint density at radius 2 is 1.92 bits per heavy atom. The van der Waals surface area contributed by atoms with Gasteiger partial charge in [-0.25, -0.2) is 0 Å². The van der Waals surface area contributed by atoms with Crippen molar-refractivity contribution in [2.24, 2.45) is 0 Å². The SMILES string of the molecule is CCn1c(SCc2cccc(Br)c2)nnc1-c1ccc(OC)cc1. The number of hydrogen-bond acceptors (Lipinski definition) is 4. The standard InChI is InChI=1S/C18H18BrN3OS/c1-3-22-17(14-7-9-16(23-2)10-8-14)20-21-18(22)24-12-13-5-4-6-15(19)11-13/h4-11H,3,12H2,1-2H3. The quantitative estimate of drug-likeness (QED) is 0.541. The van der Waals surface area contributed by atoms with Crippen LogP contribution in [0.1, 0.15) is 12.5 Å². The molecule has 4 nitrogen and oxygen atoms in total. The summed E-state index contributed by atoms with van der Waals surface area (Å²) in [7, 11) is 1.67. The summed E-state index contributed by atoms with van der Waals surface area (Å²) in [6.07, 6.45) is 0. The van der Waals surface area contributed by atoms with Gasteiger partial charge in [-0.15, -0.1) is 10.2 Å². The minimum absolute atomic E-state index is 0.829. The van der Waals surface area contributed by atoms with E-state index in [-0.39, 0.29) is 0 Å². The van der Waals surface area contributed by atoms with E-state index in [9.17, 15) is 0 Å². The van der Waals surface area contributed by atoms with Gasteiger partial charge in [0.25, 0.3) is 0 Å². The molecule has 0 aliphatic carbocycles. The zero-order valence-corrected chi connectivity index (χ0v) is 16.0. The lowest BCUT2D eigenvalue weighted by Crippen LogP contribution is -2.00. The number of ether oxygens (including phenoxy) is 1. The molecule has 3 rings (SSSR count). The molecule has 1 heterocycles. The van der Waals surface area contributed by atoms with E-state index in [1.807, 2.05) is 36.4 Å². The average Bonchev–Trinajstić information content (AvgIpc) is 3.03. The van der Waals surface area contributed by atoms with E-state index in [1.54, 1.807) is 18.9 Å². The molecule has 124 valence electrons. The Hall–Kier alpha value is -1.79. The highest BCUT2D eigenvalue weighted by molar-refractivity contribution is 9.10. The lowest BCUT2D eigenvalue weighted by Gasteiger charge is -2.08. The van der Waals surface area contributed by atoms with Gasteiger partial charge in [-0.1, -0.05) is 39.8 Å². The van der Waals surface area contributed by atoms with Gasteiger partial charge in [0, 0.05) is 22.3 Å². The molecular formula is C18H18BrN3OS. The Labute approximate surface area is 154 Å². The third-order valence-corrected chi connectivity index (χ3v) is 5.17. The molecular weight excluding hydrogens is 386 g/mol. The Morgan fingerprint density at radius 3 is 2.58 bits per heavy atom. The van der Waals surface area contributed by atoms with Gasteiger partial charge in [-0.2, -0.15) is 0 Å². The molecule has 1 aromatic heterocycles. The summed E-state index contributed by atoms with van der Waals surface area (Å²) in [5.41, 5.74) is 2.30. The van der Waals surface area contributed by atoms with Crippen LogP contribution in [0.4, 0.5) is 0 Å². The van der Waals surface area contributed by atoms with E-state index in [0.717, 1.165) is 39.1 Å². The largest absolute Gasteiger partial charge is 0.497 e. The number of methoxy groups -OCH3 is 1. The van der Waals surface area contributed by atoms with Crippen LogP contribution < -0.4 is 4.74 Å². The first-order valence-electron chi connectivity index (χ1n) is 7.66. The number of aromatic nitrogens is 3. The fraction of sp³-hybridized carbons (Fsp3) is 0.222. The highest BCUT2D eigenvalue weighted by Crippen LogP contribution is 2.28. The van der Waals surface area contributed by atoms with Crippen molar-refractivity contribution >= 4 is 27.7 Å². The van der Waals surface area contributed by atoms with Crippen LogP contribution in [0.25, 0.3) is 11.4 Å². The summed E-state index contributed by atoms with van der Waals surface area (Å²) in [5.74, 6) is 2.59. The second kappa shape index (κ2) is 7.85. The van der Waals surface area contributed by atoms with Crippen LogP contribution in [-0.4, -0.2) is 21.9 Å². The molecule has 0 radical (unpaired) electrons. The van der Waals surface area contributed by atoms with Crippen molar-refractivity contribution in [3.63, 3.8) is 0 Å². The first-order valence-corrected chi connectivity index (χ1v) is 9.44. The summed E-state index contributed by atoms with van der Waals surface area (Å²) in [5, 5.41) is 9.69. The number of thioether (sulfide) groups is 1. The molecule has 0 aliphatic rings. The number of halogens is 1. The smallest absolute Gasteiger partial charge is 0.191 e. The number of hydrogen-bond donors (Lipinski definition) is 0. The van der Waals surface area contributed by atoms with Gasteiger partial charge in [0.1, 0.15) is 5.75 Å². The van der Waals surface area contributed by atoms with Crippen LogP contribution in [0, 0.1) is 0 Å². The van der Waals surface area contributed by atoms with Crippen molar-refractivity contribution < 1.29 is 4.74 Å². The Kier molecular flexibility index (Phi) is 5.58. The number of benzene rings is 2. The van der Waals surface area contributed by atoms with E-state index < -0.39 is 0 Å². The highest BCUT2D eigenvalue weighted by atomic mass is 79.9. The fourth-order valence-corrected chi connectivity index (χ4v) is 3.80. The molecule has 0 bridgehead atoms. The van der Waals surface area contributed by atoms with Crippen LogP contribution in [0.15, 0.2) is 58.2 Å². The maximum atomic E-state index is 5.21. The van der Waals surface area contributed by atoms with Crippen molar-refractivity contribution in [2.75, 3.05) is 7.11 Å². The monoisotopic (exact) mass is 403 g/mol. The molecule has 0 amide bonds. The molecule has 3 aromatic rings. The van der Waals surface area contributed by atoms with Gasteiger partial charge in [0.15, 0.2) is 11.0 Å². The molecule has 0 saturated heterocycles. The Bertz CT molecular complexity index is 817. The van der Waals surface area contributed by atoms with Crippen LogP contribution in [0.3, 0.4) is 0 Å². The van der Waals surface area contributed by atoms with Gasteiger partial charge >= 0.3 is 0 Å². The lowest BCUT2D eigenvalue weighted by atomic mass is 10.2. The zero-order chi connectivity index (χ0) is 16.9. The first-order chi connectivity index (χ1) is 11.7. The molecule has 0 aliphatic heterocycles. The van der Waals surface area contributed by atoms with E-state index >= 15 is 0 Å². The predicted octanol–water partition coefficient (Wildman–Crippen LogP) is 5.03. The van der Waals surface area contributed by atoms with E-state index in [1.165, 1.54) is 5.56 Å². The lowest BCUT2D eigenvalue weighted by molar-refractivity contribution is 0.415. The normalized spacial score (nSPS) is 10.8. The number of nitrogens with zero attached hydrogens (tertiary/aromatic N) is 3. The van der Waals surface area contributed by atoms with Gasteiger partial charge < -0.3 is 9.30 Å². The van der Waals surface area contributed by atoms with Gasteiger partial charge in [-0.3, -0.25) is 0 Å². The summed E-state index contributed by atoms with van der Waals surface area (Å²) >= 11 is 5.21. The summed E-state index contributed by atoms with van der Waals surface area (Å²) in [4.78, 5) is 0. The highest BCUT2D eigenvalue weighted by Gasteiger charge is 2.13. The molecule has 0 unspecified atom stereocenters. The van der Waals surface area contributed by atoms with Crippen molar-refractivity contribution in [2.45, 2.75) is 24.4 Å². The van der Waals surface area contributed by atoms with Crippen molar-refractivity contribution in [1.29, 1.82) is 0 Å². The minimum Gasteiger partial charge on any atom is -0.497 e. The summed E-state index contributed by atoms with van der Waals surface area (Å²) in [6, 6.07) is 16.2. The van der Waals surface area contributed by atoms with Crippen LogP contribution in [-0.2, 0) is 12.3 Å². The molecule has 0 saturated carbocycles. The van der Waals surface area contributed by atoms with Crippen molar-refractivity contribution in [3.8, 4) is 17.1 Å². The second-order valence-corrected chi connectivity index (χ2v) is 7.06. The fourth-order valence-electron chi connectivity index (χ4n) is 2.41. The molecule has 0 fully saturated rings. The Morgan fingerprint density at radius 1 is 1.12 bits per heavy atom. The topological polar surface area (TPSA) is 39.9 Å². The zero-order valence-electron chi connectivity index (χ0n) is 13.6. The predicted molar refractivity (Wildman–Crippen MR) is 101 cm³/mol. The average molecular weight is 404 g/mol. The molecule has 2 aromatic carbocycles. The second-order valence-electron chi connectivity index (χ2n) is 5.20.